The van der Waals surface area contributed by atoms with Crippen molar-refractivity contribution in [3.8, 4) is 0 Å². The maximum absolute atomic E-state index is 11.4. The monoisotopic (exact) mass is 208 g/mol. The van der Waals surface area contributed by atoms with E-state index < -0.39 is 12.1 Å². The highest BCUT2D eigenvalue weighted by Gasteiger charge is 2.19. The van der Waals surface area contributed by atoms with Crippen molar-refractivity contribution in [1.82, 2.24) is 0 Å². The van der Waals surface area contributed by atoms with Gasteiger partial charge in [0, 0.05) is 0 Å². The summed E-state index contributed by atoms with van der Waals surface area (Å²) in [4.78, 5) is 11.4. The molecule has 1 N–H and O–H groups in total. The highest BCUT2D eigenvalue weighted by Crippen LogP contribution is 2.15. The minimum atomic E-state index is -1.19. The molecular weight excluding hydrogens is 192 g/mol. The molecule has 0 radical (unpaired) electrons. The number of carbonyl (C=O) groups excluding carboxylic acids is 1. The molecule has 0 aromatic heterocycles. The van der Waals surface area contributed by atoms with E-state index >= 15 is 0 Å². The van der Waals surface area contributed by atoms with Crippen molar-refractivity contribution in [2.24, 2.45) is 0 Å². The summed E-state index contributed by atoms with van der Waals surface area (Å²) in [5.74, 6) is -0.603. The number of ether oxygens (including phenoxy) is 1. The molecular formula is C12H16O3. The van der Waals surface area contributed by atoms with Gasteiger partial charge in [-0.15, -0.1) is 0 Å². The van der Waals surface area contributed by atoms with Crippen molar-refractivity contribution in [2.75, 3.05) is 0 Å². The normalized spacial score (nSPS) is 12.6. The van der Waals surface area contributed by atoms with Crippen LogP contribution in [0.4, 0.5) is 0 Å². The minimum absolute atomic E-state index is 0.211. The fourth-order valence-corrected chi connectivity index (χ4v) is 1.18. The number of esters is 1. The Kier molecular flexibility index (Phi) is 3.86. The highest BCUT2D eigenvalue weighted by molar-refractivity contribution is 5.76. The molecule has 0 saturated heterocycles. The number of hydrogen-bond donors (Lipinski definition) is 1. The Labute approximate surface area is 89.7 Å². The molecule has 0 unspecified atom stereocenters. The van der Waals surface area contributed by atoms with E-state index in [1.807, 2.05) is 19.1 Å². The van der Waals surface area contributed by atoms with Gasteiger partial charge in [0.05, 0.1) is 6.10 Å². The predicted molar refractivity (Wildman–Crippen MR) is 57.4 cm³/mol. The molecule has 82 valence electrons. The lowest BCUT2D eigenvalue weighted by molar-refractivity contribution is -0.157. The molecule has 1 aromatic carbocycles. The van der Waals surface area contributed by atoms with Crippen LogP contribution in [-0.2, 0) is 9.53 Å². The molecule has 0 heterocycles. The topological polar surface area (TPSA) is 46.5 Å². The van der Waals surface area contributed by atoms with Crippen molar-refractivity contribution in [3.63, 3.8) is 0 Å². The number of hydrogen-bond acceptors (Lipinski definition) is 3. The van der Waals surface area contributed by atoms with Crippen LogP contribution >= 0.6 is 0 Å². The summed E-state index contributed by atoms with van der Waals surface area (Å²) in [7, 11) is 0. The Morgan fingerprint density at radius 3 is 2.27 bits per heavy atom. The first-order valence-electron chi connectivity index (χ1n) is 4.96. The number of rotatable bonds is 3. The van der Waals surface area contributed by atoms with E-state index in [4.69, 9.17) is 4.74 Å². The van der Waals surface area contributed by atoms with Gasteiger partial charge in [-0.3, -0.25) is 0 Å². The number of aliphatic hydroxyl groups is 1. The van der Waals surface area contributed by atoms with E-state index in [9.17, 15) is 9.90 Å². The second kappa shape index (κ2) is 4.94. The summed E-state index contributed by atoms with van der Waals surface area (Å²) < 4.78 is 4.91. The fourth-order valence-electron chi connectivity index (χ4n) is 1.18. The minimum Gasteiger partial charge on any atom is -0.461 e. The molecule has 15 heavy (non-hydrogen) atoms. The molecule has 0 aliphatic rings. The summed E-state index contributed by atoms with van der Waals surface area (Å²) in [5.41, 5.74) is 1.65. The Morgan fingerprint density at radius 2 is 1.80 bits per heavy atom. The van der Waals surface area contributed by atoms with Gasteiger partial charge in [0.25, 0.3) is 0 Å². The molecule has 0 saturated carbocycles. The van der Waals surface area contributed by atoms with Gasteiger partial charge >= 0.3 is 5.97 Å². The van der Waals surface area contributed by atoms with Crippen LogP contribution in [0.15, 0.2) is 24.3 Å². The Bertz CT molecular complexity index is 327. The van der Waals surface area contributed by atoms with Crippen molar-refractivity contribution < 1.29 is 14.6 Å². The number of carbonyl (C=O) groups is 1. The van der Waals surface area contributed by atoms with E-state index in [-0.39, 0.29) is 6.10 Å². The molecule has 0 fully saturated rings. The lowest BCUT2D eigenvalue weighted by Crippen LogP contribution is -2.19. The standard InChI is InChI=1S/C12H16O3/c1-8(2)15-12(14)11(13)10-6-4-9(3)5-7-10/h4-8,11,13H,1-3H3/t11-/m1/s1. The highest BCUT2D eigenvalue weighted by atomic mass is 16.6. The predicted octanol–water partition coefficient (Wildman–Crippen LogP) is 1.98. The molecule has 3 nitrogen and oxygen atoms in total. The van der Waals surface area contributed by atoms with Crippen LogP contribution < -0.4 is 0 Å². The van der Waals surface area contributed by atoms with Crippen LogP contribution in [0.3, 0.4) is 0 Å². The quantitative estimate of drug-likeness (QED) is 0.772. The first-order chi connectivity index (χ1) is 7.00. The van der Waals surface area contributed by atoms with Crippen LogP contribution in [0.5, 0.6) is 0 Å². The van der Waals surface area contributed by atoms with Gasteiger partial charge in [-0.05, 0) is 26.3 Å². The summed E-state index contributed by atoms with van der Waals surface area (Å²) in [6.45, 7) is 5.45. The van der Waals surface area contributed by atoms with Gasteiger partial charge in [0.2, 0.25) is 0 Å². The third-order valence-electron chi connectivity index (χ3n) is 1.97. The van der Waals surface area contributed by atoms with E-state index in [2.05, 4.69) is 0 Å². The first kappa shape index (κ1) is 11.7. The molecule has 0 aliphatic heterocycles. The molecule has 1 rings (SSSR count). The third-order valence-corrected chi connectivity index (χ3v) is 1.97. The van der Waals surface area contributed by atoms with Crippen molar-refractivity contribution >= 4 is 5.97 Å². The lowest BCUT2D eigenvalue weighted by atomic mass is 10.1. The van der Waals surface area contributed by atoms with Crippen LogP contribution in [0.25, 0.3) is 0 Å². The van der Waals surface area contributed by atoms with Gasteiger partial charge in [0.1, 0.15) is 0 Å². The van der Waals surface area contributed by atoms with Crippen molar-refractivity contribution in [1.29, 1.82) is 0 Å². The maximum atomic E-state index is 11.4. The zero-order valence-electron chi connectivity index (χ0n) is 9.23. The van der Waals surface area contributed by atoms with Gasteiger partial charge in [-0.2, -0.15) is 0 Å². The van der Waals surface area contributed by atoms with Gasteiger partial charge < -0.3 is 9.84 Å². The van der Waals surface area contributed by atoms with E-state index in [1.54, 1.807) is 26.0 Å². The van der Waals surface area contributed by atoms with Crippen LogP contribution in [0.1, 0.15) is 31.1 Å². The Balaban J connectivity index is 2.71. The van der Waals surface area contributed by atoms with E-state index in [0.717, 1.165) is 5.56 Å². The molecule has 0 bridgehead atoms. The Morgan fingerprint density at radius 1 is 1.27 bits per heavy atom. The number of aryl methyl sites for hydroxylation is 1. The summed E-state index contributed by atoms with van der Waals surface area (Å²) in [6.07, 6.45) is -1.40. The smallest absolute Gasteiger partial charge is 0.339 e. The zero-order valence-corrected chi connectivity index (χ0v) is 9.23. The fraction of sp³-hybridized carbons (Fsp3) is 0.417. The summed E-state index contributed by atoms with van der Waals surface area (Å²) in [5, 5.41) is 9.65. The molecule has 0 spiro atoms. The van der Waals surface area contributed by atoms with E-state index in [1.165, 1.54) is 0 Å². The average Bonchev–Trinajstić information content (AvgIpc) is 2.17. The van der Waals surface area contributed by atoms with Gasteiger partial charge in [-0.1, -0.05) is 29.8 Å². The molecule has 0 amide bonds. The largest absolute Gasteiger partial charge is 0.461 e. The average molecular weight is 208 g/mol. The maximum Gasteiger partial charge on any atom is 0.339 e. The lowest BCUT2D eigenvalue weighted by Gasteiger charge is -2.13. The first-order valence-corrected chi connectivity index (χ1v) is 4.96. The van der Waals surface area contributed by atoms with Crippen LogP contribution in [-0.4, -0.2) is 17.2 Å². The van der Waals surface area contributed by atoms with Crippen LogP contribution in [0.2, 0.25) is 0 Å². The summed E-state index contributed by atoms with van der Waals surface area (Å²) in [6, 6.07) is 7.14. The van der Waals surface area contributed by atoms with Crippen LogP contribution in [0, 0.1) is 6.92 Å². The van der Waals surface area contributed by atoms with Gasteiger partial charge in [-0.25, -0.2) is 4.79 Å². The van der Waals surface area contributed by atoms with Crippen molar-refractivity contribution in [2.45, 2.75) is 33.0 Å². The number of aliphatic hydroxyl groups excluding tert-OH is 1. The van der Waals surface area contributed by atoms with Gasteiger partial charge in [0.15, 0.2) is 6.10 Å². The van der Waals surface area contributed by atoms with Crippen molar-refractivity contribution in [3.05, 3.63) is 35.4 Å². The second-order valence-corrected chi connectivity index (χ2v) is 3.80. The SMILES string of the molecule is Cc1ccc([C@@H](O)C(=O)OC(C)C)cc1. The van der Waals surface area contributed by atoms with E-state index in [0.29, 0.717) is 5.56 Å². The Hall–Kier alpha value is -1.35. The molecule has 0 aliphatic carbocycles. The number of benzene rings is 1. The zero-order chi connectivity index (χ0) is 11.4. The summed E-state index contributed by atoms with van der Waals surface area (Å²) >= 11 is 0. The third kappa shape index (κ3) is 3.36. The second-order valence-electron chi connectivity index (χ2n) is 3.80. The molecule has 3 heteroatoms. The molecule has 1 aromatic rings. The molecule has 1 atom stereocenters.